The summed E-state index contributed by atoms with van der Waals surface area (Å²) >= 11 is 0. The number of sulfonamides is 1. The molecule has 0 radical (unpaired) electrons. The van der Waals surface area contributed by atoms with Gasteiger partial charge in [0.1, 0.15) is 0 Å². The van der Waals surface area contributed by atoms with Crippen LogP contribution in [0.15, 0.2) is 0 Å². The fraction of sp³-hybridized carbons (Fsp3) is 1.00. The molecule has 0 aromatic heterocycles. The predicted octanol–water partition coefficient (Wildman–Crippen LogP) is 0.149. The quantitative estimate of drug-likeness (QED) is 0.715. The van der Waals surface area contributed by atoms with E-state index in [-0.39, 0.29) is 11.8 Å². The zero-order chi connectivity index (χ0) is 9.90. The van der Waals surface area contributed by atoms with E-state index >= 15 is 0 Å². The monoisotopic (exact) mass is 206 g/mol. The van der Waals surface area contributed by atoms with Gasteiger partial charge in [-0.3, -0.25) is 4.90 Å². The standard InChI is InChI=1S/C8H18N2O2S/c1-8(7-13(9,11)12)10-5-3-2-4-6-10/h8H,2-7H2,1H3,(H2,9,11,12). The molecule has 0 spiro atoms. The minimum atomic E-state index is -3.31. The lowest BCUT2D eigenvalue weighted by molar-refractivity contribution is 0.186. The van der Waals surface area contributed by atoms with Crippen molar-refractivity contribution >= 4 is 10.0 Å². The van der Waals surface area contributed by atoms with Crippen LogP contribution in [0.4, 0.5) is 0 Å². The molecule has 1 rings (SSSR count). The largest absolute Gasteiger partial charge is 0.300 e. The van der Waals surface area contributed by atoms with Crippen LogP contribution >= 0.6 is 0 Å². The van der Waals surface area contributed by atoms with Crippen LogP contribution in [0.25, 0.3) is 0 Å². The van der Waals surface area contributed by atoms with E-state index in [1.807, 2.05) is 6.92 Å². The lowest BCUT2D eigenvalue weighted by atomic mass is 10.1. The zero-order valence-corrected chi connectivity index (χ0v) is 8.89. The van der Waals surface area contributed by atoms with Gasteiger partial charge in [-0.05, 0) is 32.9 Å². The molecular weight excluding hydrogens is 188 g/mol. The molecule has 78 valence electrons. The molecule has 1 fully saturated rings. The molecular formula is C8H18N2O2S. The molecule has 2 N–H and O–H groups in total. The van der Waals surface area contributed by atoms with Crippen molar-refractivity contribution in [2.45, 2.75) is 32.2 Å². The summed E-state index contributed by atoms with van der Waals surface area (Å²) in [5, 5.41) is 4.99. The van der Waals surface area contributed by atoms with E-state index in [1.165, 1.54) is 19.3 Å². The molecule has 1 heterocycles. The van der Waals surface area contributed by atoms with Gasteiger partial charge < -0.3 is 0 Å². The van der Waals surface area contributed by atoms with Crippen LogP contribution in [0.3, 0.4) is 0 Å². The van der Waals surface area contributed by atoms with Crippen LogP contribution in [0, 0.1) is 0 Å². The summed E-state index contributed by atoms with van der Waals surface area (Å²) in [4.78, 5) is 2.20. The lowest BCUT2D eigenvalue weighted by Gasteiger charge is -2.31. The fourth-order valence-corrected chi connectivity index (χ4v) is 2.68. The Morgan fingerprint density at radius 1 is 1.31 bits per heavy atom. The summed E-state index contributed by atoms with van der Waals surface area (Å²) in [5.74, 6) is 0.0764. The van der Waals surface area contributed by atoms with E-state index in [4.69, 9.17) is 5.14 Å². The maximum absolute atomic E-state index is 10.8. The number of piperidine rings is 1. The Balaban J connectivity index is 2.42. The number of hydrogen-bond donors (Lipinski definition) is 1. The maximum atomic E-state index is 10.8. The Kier molecular flexibility index (Phi) is 3.70. The van der Waals surface area contributed by atoms with Crippen molar-refractivity contribution in [3.05, 3.63) is 0 Å². The average molecular weight is 206 g/mol. The highest BCUT2D eigenvalue weighted by atomic mass is 32.2. The highest BCUT2D eigenvalue weighted by Gasteiger charge is 2.20. The van der Waals surface area contributed by atoms with Gasteiger partial charge in [-0.15, -0.1) is 0 Å². The first-order valence-electron chi connectivity index (χ1n) is 4.73. The molecule has 0 amide bonds. The molecule has 1 unspecified atom stereocenters. The Bertz CT molecular complexity index is 245. The summed E-state index contributed by atoms with van der Waals surface area (Å²) in [6.45, 7) is 3.95. The third-order valence-electron chi connectivity index (χ3n) is 2.49. The number of likely N-dealkylation sites (tertiary alicyclic amines) is 1. The third-order valence-corrected chi connectivity index (χ3v) is 3.43. The van der Waals surface area contributed by atoms with Crippen molar-refractivity contribution in [2.24, 2.45) is 5.14 Å². The molecule has 1 saturated heterocycles. The molecule has 0 aliphatic carbocycles. The van der Waals surface area contributed by atoms with E-state index in [0.29, 0.717) is 0 Å². The van der Waals surface area contributed by atoms with Crippen LogP contribution in [0.2, 0.25) is 0 Å². The predicted molar refractivity (Wildman–Crippen MR) is 52.9 cm³/mol. The lowest BCUT2D eigenvalue weighted by Crippen LogP contribution is -2.42. The average Bonchev–Trinajstić information content (AvgIpc) is 2.03. The van der Waals surface area contributed by atoms with Crippen molar-refractivity contribution in [3.8, 4) is 0 Å². The normalized spacial score (nSPS) is 22.9. The van der Waals surface area contributed by atoms with Gasteiger partial charge >= 0.3 is 0 Å². The number of nitrogens with zero attached hydrogens (tertiary/aromatic N) is 1. The molecule has 1 aliphatic heterocycles. The third kappa shape index (κ3) is 4.06. The van der Waals surface area contributed by atoms with Crippen LogP contribution < -0.4 is 5.14 Å². The zero-order valence-electron chi connectivity index (χ0n) is 8.07. The number of primary sulfonamides is 1. The van der Waals surface area contributed by atoms with Crippen LogP contribution in [-0.2, 0) is 10.0 Å². The second kappa shape index (κ2) is 4.39. The molecule has 13 heavy (non-hydrogen) atoms. The summed E-state index contributed by atoms with van der Waals surface area (Å²) in [5.41, 5.74) is 0. The van der Waals surface area contributed by atoms with Gasteiger partial charge in [-0.25, -0.2) is 13.6 Å². The fourth-order valence-electron chi connectivity index (χ4n) is 1.80. The van der Waals surface area contributed by atoms with Crippen molar-refractivity contribution in [1.29, 1.82) is 0 Å². The summed E-state index contributed by atoms with van der Waals surface area (Å²) < 4.78 is 21.7. The van der Waals surface area contributed by atoms with Crippen molar-refractivity contribution in [1.82, 2.24) is 4.90 Å². The SMILES string of the molecule is CC(CS(N)(=O)=O)N1CCCCC1. The van der Waals surface area contributed by atoms with Crippen LogP contribution in [0.1, 0.15) is 26.2 Å². The molecule has 1 aliphatic rings. The second-order valence-electron chi connectivity index (χ2n) is 3.78. The molecule has 4 nitrogen and oxygen atoms in total. The molecule has 1 atom stereocenters. The van der Waals surface area contributed by atoms with Gasteiger partial charge in [0.25, 0.3) is 0 Å². The topological polar surface area (TPSA) is 63.4 Å². The van der Waals surface area contributed by atoms with Gasteiger partial charge in [-0.1, -0.05) is 6.42 Å². The summed E-state index contributed by atoms with van der Waals surface area (Å²) in [6.07, 6.45) is 3.61. The van der Waals surface area contributed by atoms with Crippen LogP contribution in [0.5, 0.6) is 0 Å². The molecule has 0 aromatic rings. The van der Waals surface area contributed by atoms with Gasteiger partial charge in [0.05, 0.1) is 5.75 Å². The number of hydrogen-bond acceptors (Lipinski definition) is 3. The second-order valence-corrected chi connectivity index (χ2v) is 5.43. The first-order valence-corrected chi connectivity index (χ1v) is 6.45. The summed E-state index contributed by atoms with van der Waals surface area (Å²) in [6, 6.07) is 0.0651. The highest BCUT2D eigenvalue weighted by molar-refractivity contribution is 7.89. The number of rotatable bonds is 3. The van der Waals surface area contributed by atoms with Gasteiger partial charge in [0.15, 0.2) is 0 Å². The minimum absolute atomic E-state index is 0.0651. The summed E-state index contributed by atoms with van der Waals surface area (Å²) in [7, 11) is -3.31. The van der Waals surface area contributed by atoms with Gasteiger partial charge in [0, 0.05) is 6.04 Å². The Morgan fingerprint density at radius 2 is 1.85 bits per heavy atom. The van der Waals surface area contributed by atoms with E-state index in [0.717, 1.165) is 13.1 Å². The molecule has 0 saturated carbocycles. The van der Waals surface area contributed by atoms with Gasteiger partial charge in [0.2, 0.25) is 10.0 Å². The van der Waals surface area contributed by atoms with Crippen LogP contribution in [-0.4, -0.2) is 38.2 Å². The minimum Gasteiger partial charge on any atom is -0.300 e. The van der Waals surface area contributed by atoms with E-state index in [9.17, 15) is 8.42 Å². The van der Waals surface area contributed by atoms with Gasteiger partial charge in [-0.2, -0.15) is 0 Å². The first-order chi connectivity index (χ1) is 5.99. The number of nitrogens with two attached hydrogens (primary N) is 1. The van der Waals surface area contributed by atoms with Crippen molar-refractivity contribution < 1.29 is 8.42 Å². The molecule has 0 bridgehead atoms. The first kappa shape index (κ1) is 10.9. The van der Waals surface area contributed by atoms with E-state index in [2.05, 4.69) is 4.90 Å². The van der Waals surface area contributed by atoms with E-state index in [1.54, 1.807) is 0 Å². The Morgan fingerprint density at radius 3 is 2.31 bits per heavy atom. The maximum Gasteiger partial charge on any atom is 0.210 e. The van der Waals surface area contributed by atoms with Crippen molar-refractivity contribution in [3.63, 3.8) is 0 Å². The highest BCUT2D eigenvalue weighted by Crippen LogP contribution is 2.12. The van der Waals surface area contributed by atoms with Crippen molar-refractivity contribution in [2.75, 3.05) is 18.8 Å². The smallest absolute Gasteiger partial charge is 0.210 e. The van der Waals surface area contributed by atoms with E-state index < -0.39 is 10.0 Å². The molecule has 5 heteroatoms. The molecule has 0 aromatic carbocycles. The Hall–Kier alpha value is -0.130. The Labute approximate surface area is 80.1 Å².